The molecule has 11 heteroatoms. The lowest BCUT2D eigenvalue weighted by atomic mass is 10.2. The molecule has 2 N–H and O–H groups in total. The molecule has 0 saturated carbocycles. The summed E-state index contributed by atoms with van der Waals surface area (Å²) >= 11 is 0. The van der Waals surface area contributed by atoms with E-state index in [1.165, 1.54) is 12.1 Å². The van der Waals surface area contributed by atoms with Crippen LogP contribution in [0.5, 0.6) is 0 Å². The van der Waals surface area contributed by atoms with Gasteiger partial charge < -0.3 is 10.2 Å². The first-order valence-electron chi connectivity index (χ1n) is 10.2. The van der Waals surface area contributed by atoms with Gasteiger partial charge in [0, 0.05) is 36.2 Å². The van der Waals surface area contributed by atoms with E-state index in [1.807, 2.05) is 26.8 Å². The standard InChI is InChI=1S/C22H24F3N5O2S/c1-4-30(5-2)20-13-15(3)26-21(28-20)27-17-9-11-18(12-10-17)29-33(31,32)19-8-6-7-16(14-19)22(23,24)25/h6-14,29H,4-5H2,1-3H3,(H,26,27,28). The van der Waals surface area contributed by atoms with Crippen molar-refractivity contribution in [1.29, 1.82) is 0 Å². The largest absolute Gasteiger partial charge is 0.416 e. The molecule has 0 spiro atoms. The predicted molar refractivity (Wildman–Crippen MR) is 122 cm³/mol. The van der Waals surface area contributed by atoms with E-state index in [1.54, 1.807) is 12.1 Å². The zero-order valence-corrected chi connectivity index (χ0v) is 19.1. The van der Waals surface area contributed by atoms with Crippen LogP contribution < -0.4 is 14.9 Å². The maximum atomic E-state index is 12.9. The highest BCUT2D eigenvalue weighted by Crippen LogP contribution is 2.31. The molecule has 0 amide bonds. The molecule has 0 aliphatic carbocycles. The Labute approximate surface area is 190 Å². The van der Waals surface area contributed by atoms with Crippen LogP contribution in [0.1, 0.15) is 25.1 Å². The number of aryl methyl sites for hydroxylation is 1. The highest BCUT2D eigenvalue weighted by atomic mass is 32.2. The van der Waals surface area contributed by atoms with E-state index in [0.717, 1.165) is 42.8 Å². The molecule has 0 unspecified atom stereocenters. The monoisotopic (exact) mass is 479 g/mol. The van der Waals surface area contributed by atoms with Gasteiger partial charge in [-0.3, -0.25) is 4.72 Å². The van der Waals surface area contributed by atoms with Gasteiger partial charge in [-0.2, -0.15) is 18.2 Å². The van der Waals surface area contributed by atoms with Gasteiger partial charge in [-0.1, -0.05) is 6.07 Å². The van der Waals surface area contributed by atoms with Crippen LogP contribution in [0.4, 0.5) is 36.3 Å². The molecule has 33 heavy (non-hydrogen) atoms. The minimum atomic E-state index is -4.64. The van der Waals surface area contributed by atoms with Crippen molar-refractivity contribution in [3.05, 3.63) is 65.9 Å². The molecule has 0 atom stereocenters. The van der Waals surface area contributed by atoms with Gasteiger partial charge in [-0.05, 0) is 63.2 Å². The summed E-state index contributed by atoms with van der Waals surface area (Å²) in [6, 6.07) is 11.7. The third-order valence-corrected chi connectivity index (χ3v) is 6.17. The molecule has 3 aromatic rings. The number of sulfonamides is 1. The van der Waals surface area contributed by atoms with Gasteiger partial charge >= 0.3 is 6.18 Å². The number of benzene rings is 2. The van der Waals surface area contributed by atoms with Gasteiger partial charge in [0.05, 0.1) is 10.5 Å². The number of hydrogen-bond donors (Lipinski definition) is 2. The zero-order chi connectivity index (χ0) is 24.2. The SMILES string of the molecule is CCN(CC)c1cc(C)nc(Nc2ccc(NS(=O)(=O)c3cccc(C(F)(F)F)c3)cc2)n1. The highest BCUT2D eigenvalue weighted by Gasteiger charge is 2.31. The average Bonchev–Trinajstić information content (AvgIpc) is 2.75. The van der Waals surface area contributed by atoms with Gasteiger partial charge in [0.1, 0.15) is 5.82 Å². The summed E-state index contributed by atoms with van der Waals surface area (Å²) < 4.78 is 66.1. The van der Waals surface area contributed by atoms with Gasteiger partial charge in [-0.25, -0.2) is 13.4 Å². The lowest BCUT2D eigenvalue weighted by molar-refractivity contribution is -0.137. The van der Waals surface area contributed by atoms with E-state index in [0.29, 0.717) is 17.7 Å². The Morgan fingerprint density at radius 3 is 2.18 bits per heavy atom. The van der Waals surface area contributed by atoms with Crippen molar-refractivity contribution < 1.29 is 21.6 Å². The summed E-state index contributed by atoms with van der Waals surface area (Å²) in [6.07, 6.45) is -4.64. The summed E-state index contributed by atoms with van der Waals surface area (Å²) in [5.74, 6) is 1.19. The van der Waals surface area contributed by atoms with Crippen LogP contribution in [0, 0.1) is 6.92 Å². The lowest BCUT2D eigenvalue weighted by Crippen LogP contribution is -2.23. The molecule has 0 saturated heterocycles. The first-order valence-corrected chi connectivity index (χ1v) is 11.7. The molecular weight excluding hydrogens is 455 g/mol. The Bertz CT molecular complexity index is 1210. The fourth-order valence-electron chi connectivity index (χ4n) is 3.12. The lowest BCUT2D eigenvalue weighted by Gasteiger charge is -2.20. The quantitative estimate of drug-likeness (QED) is 0.462. The third-order valence-electron chi connectivity index (χ3n) is 4.79. The second-order valence-electron chi connectivity index (χ2n) is 7.20. The molecule has 2 aromatic carbocycles. The van der Waals surface area contributed by atoms with Crippen LogP contribution in [-0.4, -0.2) is 31.5 Å². The molecule has 176 valence electrons. The van der Waals surface area contributed by atoms with E-state index in [4.69, 9.17) is 0 Å². The van der Waals surface area contributed by atoms with Gasteiger partial charge in [0.15, 0.2) is 0 Å². The number of rotatable bonds is 8. The summed E-state index contributed by atoms with van der Waals surface area (Å²) in [4.78, 5) is 10.5. The van der Waals surface area contributed by atoms with E-state index < -0.39 is 26.7 Å². The second-order valence-corrected chi connectivity index (χ2v) is 8.88. The van der Waals surface area contributed by atoms with Gasteiger partial charge in [0.25, 0.3) is 10.0 Å². The Morgan fingerprint density at radius 2 is 1.58 bits per heavy atom. The van der Waals surface area contributed by atoms with Crippen LogP contribution >= 0.6 is 0 Å². The fraction of sp³-hybridized carbons (Fsp3) is 0.273. The van der Waals surface area contributed by atoms with Crippen molar-refractivity contribution in [2.75, 3.05) is 28.0 Å². The molecule has 3 rings (SSSR count). The maximum Gasteiger partial charge on any atom is 0.416 e. The molecule has 1 aromatic heterocycles. The van der Waals surface area contributed by atoms with E-state index in [-0.39, 0.29) is 5.69 Å². The third kappa shape index (κ3) is 6.13. The first kappa shape index (κ1) is 24.3. The average molecular weight is 480 g/mol. The van der Waals surface area contributed by atoms with Gasteiger partial charge in [-0.15, -0.1) is 0 Å². The second kappa shape index (κ2) is 9.65. The maximum absolute atomic E-state index is 12.9. The molecule has 0 aliphatic rings. The number of anilines is 4. The Hall–Kier alpha value is -3.34. The first-order chi connectivity index (χ1) is 15.5. The molecule has 0 fully saturated rings. The molecule has 0 aliphatic heterocycles. The zero-order valence-electron chi connectivity index (χ0n) is 18.3. The number of alkyl halides is 3. The number of nitrogens with one attached hydrogen (secondary N) is 2. The van der Waals surface area contributed by atoms with Crippen molar-refractivity contribution in [2.24, 2.45) is 0 Å². The van der Waals surface area contributed by atoms with Crippen molar-refractivity contribution in [3.8, 4) is 0 Å². The minimum Gasteiger partial charge on any atom is -0.357 e. The number of hydrogen-bond acceptors (Lipinski definition) is 6. The number of nitrogens with zero attached hydrogens (tertiary/aromatic N) is 3. The Balaban J connectivity index is 1.76. The highest BCUT2D eigenvalue weighted by molar-refractivity contribution is 7.92. The molecule has 0 bridgehead atoms. The molecule has 7 nitrogen and oxygen atoms in total. The van der Waals surface area contributed by atoms with E-state index >= 15 is 0 Å². The summed E-state index contributed by atoms with van der Waals surface area (Å²) in [6.45, 7) is 7.53. The molecular formula is C22H24F3N5O2S. The smallest absolute Gasteiger partial charge is 0.357 e. The van der Waals surface area contributed by atoms with E-state index in [2.05, 4.69) is 24.9 Å². The predicted octanol–water partition coefficient (Wildman–Crippen LogP) is 5.19. The van der Waals surface area contributed by atoms with E-state index in [9.17, 15) is 21.6 Å². The summed E-state index contributed by atoms with van der Waals surface area (Å²) in [5.41, 5.74) is 0.576. The van der Waals surface area contributed by atoms with Crippen molar-refractivity contribution in [3.63, 3.8) is 0 Å². The Morgan fingerprint density at radius 1 is 0.939 bits per heavy atom. The summed E-state index contributed by atoms with van der Waals surface area (Å²) in [7, 11) is -4.20. The van der Waals surface area contributed by atoms with Crippen LogP contribution in [0.25, 0.3) is 0 Å². The van der Waals surface area contributed by atoms with Gasteiger partial charge in [0.2, 0.25) is 5.95 Å². The van der Waals surface area contributed by atoms with Crippen molar-refractivity contribution in [1.82, 2.24) is 9.97 Å². The topological polar surface area (TPSA) is 87.2 Å². The van der Waals surface area contributed by atoms with Crippen LogP contribution in [-0.2, 0) is 16.2 Å². The van der Waals surface area contributed by atoms with Crippen molar-refractivity contribution in [2.45, 2.75) is 31.8 Å². The van der Waals surface area contributed by atoms with Crippen LogP contribution in [0.2, 0.25) is 0 Å². The normalized spacial score (nSPS) is 11.8. The summed E-state index contributed by atoms with van der Waals surface area (Å²) in [5, 5.41) is 3.08. The fourth-order valence-corrected chi connectivity index (χ4v) is 4.23. The number of aromatic nitrogens is 2. The van der Waals surface area contributed by atoms with Crippen LogP contribution in [0.3, 0.4) is 0 Å². The van der Waals surface area contributed by atoms with Crippen LogP contribution in [0.15, 0.2) is 59.5 Å². The molecule has 1 heterocycles. The Kier molecular flexibility index (Phi) is 7.11. The number of halogens is 3. The molecule has 0 radical (unpaired) electrons. The van der Waals surface area contributed by atoms with Crippen molar-refractivity contribution >= 4 is 33.2 Å². The minimum absolute atomic E-state index is 0.201.